The van der Waals surface area contributed by atoms with Crippen LogP contribution < -0.4 is 4.74 Å². The number of aryl methyl sites for hydroxylation is 1. The van der Waals surface area contributed by atoms with Crippen molar-refractivity contribution in [2.24, 2.45) is 0 Å². The lowest BCUT2D eigenvalue weighted by atomic mass is 10.2. The van der Waals surface area contributed by atoms with Crippen LogP contribution in [0.1, 0.15) is 37.2 Å². The Morgan fingerprint density at radius 2 is 2.26 bits per heavy atom. The fourth-order valence-electron chi connectivity index (χ4n) is 3.05. The van der Waals surface area contributed by atoms with Crippen LogP contribution in [0.25, 0.3) is 0 Å². The summed E-state index contributed by atoms with van der Waals surface area (Å²) in [5.74, 6) is 1.39. The largest absolute Gasteiger partial charge is 0.494 e. The molecule has 1 aliphatic heterocycles. The van der Waals surface area contributed by atoms with Crippen LogP contribution in [-0.2, 0) is 10.0 Å². The average Bonchev–Trinajstić information content (AvgIpc) is 3.18. The Balaban J connectivity index is 1.95. The molecule has 0 radical (unpaired) electrons. The van der Waals surface area contributed by atoms with E-state index in [0.717, 1.165) is 12.8 Å². The molecule has 1 saturated heterocycles. The van der Waals surface area contributed by atoms with Crippen molar-refractivity contribution >= 4 is 10.0 Å². The first-order valence-corrected chi connectivity index (χ1v) is 9.22. The Kier molecular flexibility index (Phi) is 4.41. The molecule has 1 aromatic heterocycles. The van der Waals surface area contributed by atoms with Crippen LogP contribution in [0.5, 0.6) is 5.75 Å². The number of rotatable bonds is 5. The number of H-pyrrole nitrogens is 1. The first kappa shape index (κ1) is 16.0. The number of sulfonamides is 1. The highest BCUT2D eigenvalue weighted by atomic mass is 32.2. The number of benzene rings is 1. The third-order valence-electron chi connectivity index (χ3n) is 4.08. The van der Waals surface area contributed by atoms with Crippen molar-refractivity contribution in [3.05, 3.63) is 42.0 Å². The van der Waals surface area contributed by atoms with E-state index in [1.165, 1.54) is 0 Å². The molecule has 2 aromatic rings. The summed E-state index contributed by atoms with van der Waals surface area (Å²) in [6, 6.07) is 4.89. The Morgan fingerprint density at radius 1 is 1.43 bits per heavy atom. The predicted molar refractivity (Wildman–Crippen MR) is 86.8 cm³/mol. The maximum absolute atomic E-state index is 13.1. The van der Waals surface area contributed by atoms with Gasteiger partial charge in [-0.1, -0.05) is 0 Å². The van der Waals surface area contributed by atoms with Crippen LogP contribution in [0.4, 0.5) is 0 Å². The Labute approximate surface area is 136 Å². The van der Waals surface area contributed by atoms with Gasteiger partial charge in [0, 0.05) is 18.9 Å². The molecule has 1 aromatic carbocycles. The molecule has 3 rings (SSSR count). The molecule has 1 unspecified atom stereocenters. The van der Waals surface area contributed by atoms with Gasteiger partial charge < -0.3 is 9.72 Å². The monoisotopic (exact) mass is 335 g/mol. The summed E-state index contributed by atoms with van der Waals surface area (Å²) in [6.45, 7) is 4.77. The van der Waals surface area contributed by atoms with E-state index >= 15 is 0 Å². The molecular formula is C16H21N3O3S. The van der Waals surface area contributed by atoms with Crippen LogP contribution in [0.3, 0.4) is 0 Å². The molecule has 0 aliphatic carbocycles. The number of nitrogens with one attached hydrogen (secondary N) is 1. The van der Waals surface area contributed by atoms with Crippen molar-refractivity contribution in [3.8, 4) is 5.75 Å². The van der Waals surface area contributed by atoms with Crippen LogP contribution in [0, 0.1) is 6.92 Å². The van der Waals surface area contributed by atoms with E-state index in [4.69, 9.17) is 4.74 Å². The van der Waals surface area contributed by atoms with E-state index in [1.54, 1.807) is 41.8 Å². The highest BCUT2D eigenvalue weighted by Gasteiger charge is 2.38. The van der Waals surface area contributed by atoms with E-state index < -0.39 is 10.0 Å². The van der Waals surface area contributed by atoms with Gasteiger partial charge in [-0.25, -0.2) is 13.4 Å². The standard InChI is InChI=1S/C16H21N3O3S/c1-3-22-13-6-7-15(12(2)11-13)23(20,21)19-10-4-5-14(19)16-17-8-9-18-16/h6-9,11,14H,3-5,10H2,1-2H3,(H,17,18). The molecule has 6 nitrogen and oxygen atoms in total. The van der Waals surface area contributed by atoms with Gasteiger partial charge in [0.1, 0.15) is 11.6 Å². The summed E-state index contributed by atoms with van der Waals surface area (Å²) >= 11 is 0. The normalized spacial score (nSPS) is 19.1. The smallest absolute Gasteiger partial charge is 0.244 e. The highest BCUT2D eigenvalue weighted by Crippen LogP contribution is 2.36. The van der Waals surface area contributed by atoms with Gasteiger partial charge in [0.15, 0.2) is 0 Å². The van der Waals surface area contributed by atoms with Crippen molar-refractivity contribution < 1.29 is 13.2 Å². The van der Waals surface area contributed by atoms with E-state index in [2.05, 4.69) is 9.97 Å². The van der Waals surface area contributed by atoms with Crippen molar-refractivity contribution in [2.75, 3.05) is 13.2 Å². The number of ether oxygens (including phenoxy) is 1. The van der Waals surface area contributed by atoms with Crippen molar-refractivity contribution in [2.45, 2.75) is 37.6 Å². The van der Waals surface area contributed by atoms with Crippen LogP contribution >= 0.6 is 0 Å². The van der Waals surface area contributed by atoms with Gasteiger partial charge in [-0.3, -0.25) is 0 Å². The predicted octanol–water partition coefficient (Wildman–Crippen LogP) is 2.64. The number of aromatic nitrogens is 2. The van der Waals surface area contributed by atoms with Crippen LogP contribution in [0.15, 0.2) is 35.5 Å². The lowest BCUT2D eigenvalue weighted by Crippen LogP contribution is -2.31. The number of hydrogen-bond acceptors (Lipinski definition) is 4. The molecule has 1 fully saturated rings. The second kappa shape index (κ2) is 6.33. The van der Waals surface area contributed by atoms with Gasteiger partial charge in [0.2, 0.25) is 10.0 Å². The molecule has 124 valence electrons. The fraction of sp³-hybridized carbons (Fsp3) is 0.438. The quantitative estimate of drug-likeness (QED) is 0.911. The Hall–Kier alpha value is -1.86. The van der Waals surface area contributed by atoms with Gasteiger partial charge in [-0.2, -0.15) is 4.31 Å². The molecule has 0 spiro atoms. The maximum atomic E-state index is 13.1. The number of aromatic amines is 1. The molecule has 1 atom stereocenters. The lowest BCUT2D eigenvalue weighted by Gasteiger charge is -2.23. The minimum absolute atomic E-state index is 0.221. The van der Waals surface area contributed by atoms with Gasteiger partial charge >= 0.3 is 0 Å². The molecule has 7 heteroatoms. The lowest BCUT2D eigenvalue weighted by molar-refractivity contribution is 0.339. The highest BCUT2D eigenvalue weighted by molar-refractivity contribution is 7.89. The van der Waals surface area contributed by atoms with Crippen molar-refractivity contribution in [1.82, 2.24) is 14.3 Å². The van der Waals surface area contributed by atoms with Gasteiger partial charge in [0.25, 0.3) is 0 Å². The summed E-state index contributed by atoms with van der Waals surface area (Å²) in [5, 5.41) is 0. The molecule has 1 aliphatic rings. The van der Waals surface area contributed by atoms with Crippen LogP contribution in [0.2, 0.25) is 0 Å². The van der Waals surface area contributed by atoms with Gasteiger partial charge in [-0.15, -0.1) is 0 Å². The second-order valence-electron chi connectivity index (χ2n) is 5.61. The molecule has 0 saturated carbocycles. The maximum Gasteiger partial charge on any atom is 0.244 e. The molecule has 1 N–H and O–H groups in total. The molecule has 2 heterocycles. The zero-order valence-corrected chi connectivity index (χ0v) is 14.1. The SMILES string of the molecule is CCOc1ccc(S(=O)(=O)N2CCCC2c2ncc[nH]2)c(C)c1. The van der Waals surface area contributed by atoms with E-state index in [9.17, 15) is 8.42 Å². The first-order chi connectivity index (χ1) is 11.0. The van der Waals surface area contributed by atoms with Crippen LogP contribution in [-0.4, -0.2) is 35.8 Å². The summed E-state index contributed by atoms with van der Waals surface area (Å²) in [5.41, 5.74) is 0.695. The average molecular weight is 335 g/mol. The summed E-state index contributed by atoms with van der Waals surface area (Å²) in [7, 11) is -3.56. The van der Waals surface area contributed by atoms with Gasteiger partial charge in [0.05, 0.1) is 17.5 Å². The number of imidazole rings is 1. The summed E-state index contributed by atoms with van der Waals surface area (Å²) in [4.78, 5) is 7.60. The molecular weight excluding hydrogens is 314 g/mol. The van der Waals surface area contributed by atoms with E-state index in [0.29, 0.717) is 35.2 Å². The fourth-order valence-corrected chi connectivity index (χ4v) is 4.92. The van der Waals surface area contributed by atoms with Crippen molar-refractivity contribution in [3.63, 3.8) is 0 Å². The number of nitrogens with zero attached hydrogens (tertiary/aromatic N) is 2. The van der Waals surface area contributed by atoms with Gasteiger partial charge in [-0.05, 0) is 50.5 Å². The third kappa shape index (κ3) is 2.98. The minimum atomic E-state index is -3.56. The number of hydrogen-bond donors (Lipinski definition) is 1. The molecule has 0 amide bonds. The zero-order chi connectivity index (χ0) is 16.4. The first-order valence-electron chi connectivity index (χ1n) is 7.78. The summed E-state index contributed by atoms with van der Waals surface area (Å²) < 4.78 is 33.1. The molecule has 23 heavy (non-hydrogen) atoms. The Morgan fingerprint density at radius 3 is 2.91 bits per heavy atom. The van der Waals surface area contributed by atoms with E-state index in [1.807, 2.05) is 6.92 Å². The third-order valence-corrected chi connectivity index (χ3v) is 6.15. The zero-order valence-electron chi connectivity index (χ0n) is 13.3. The second-order valence-corrected chi connectivity index (χ2v) is 7.47. The minimum Gasteiger partial charge on any atom is -0.494 e. The topological polar surface area (TPSA) is 75.3 Å². The van der Waals surface area contributed by atoms with Crippen molar-refractivity contribution in [1.29, 1.82) is 0 Å². The van der Waals surface area contributed by atoms with E-state index in [-0.39, 0.29) is 6.04 Å². The molecule has 0 bridgehead atoms. The summed E-state index contributed by atoms with van der Waals surface area (Å²) in [6.07, 6.45) is 4.99. The Bertz CT molecular complexity index is 772.